The van der Waals surface area contributed by atoms with E-state index < -0.39 is 70.2 Å². The maximum absolute atomic E-state index is 14.1. The van der Waals surface area contributed by atoms with Crippen molar-refractivity contribution in [2.24, 2.45) is 11.5 Å². The fourth-order valence-corrected chi connectivity index (χ4v) is 6.18. The van der Waals surface area contributed by atoms with Crippen LogP contribution in [0.15, 0.2) is 36.4 Å². The zero-order valence-electron chi connectivity index (χ0n) is 23.3. The summed E-state index contributed by atoms with van der Waals surface area (Å²) in [5, 5.41) is 3.29. The zero-order valence-corrected chi connectivity index (χ0v) is 23.3. The summed E-state index contributed by atoms with van der Waals surface area (Å²) in [5.41, 5.74) is 7.27. The van der Waals surface area contributed by atoms with E-state index in [1.54, 1.807) is 6.92 Å². The van der Waals surface area contributed by atoms with E-state index in [1.807, 2.05) is 0 Å². The second-order valence-corrected chi connectivity index (χ2v) is 11.7. The average molecular weight is 603 g/mol. The first-order valence-corrected chi connectivity index (χ1v) is 13.5. The number of nitrogens with one attached hydrogen (secondary N) is 1. The first-order chi connectivity index (χ1) is 19.2. The van der Waals surface area contributed by atoms with Crippen LogP contribution in [0.5, 0.6) is 0 Å². The summed E-state index contributed by atoms with van der Waals surface area (Å²) in [6, 6.07) is 4.03. The number of alkyl halides is 6. The first kappa shape index (κ1) is 31.7. The molecule has 0 bridgehead atoms. The van der Waals surface area contributed by atoms with Gasteiger partial charge in [0, 0.05) is 18.0 Å². The van der Waals surface area contributed by atoms with Gasteiger partial charge in [-0.05, 0) is 86.6 Å². The number of carbonyl (C=O) groups is 2. The van der Waals surface area contributed by atoms with Crippen LogP contribution in [-0.2, 0) is 21.9 Å². The van der Waals surface area contributed by atoms with Crippen LogP contribution in [-0.4, -0.2) is 40.4 Å². The van der Waals surface area contributed by atoms with Crippen LogP contribution in [0.1, 0.15) is 79.3 Å². The van der Waals surface area contributed by atoms with Gasteiger partial charge in [-0.15, -0.1) is 0 Å². The van der Waals surface area contributed by atoms with Crippen LogP contribution < -0.4 is 16.8 Å². The number of carbonyl (C=O) groups excluding carboxylic acids is 2. The predicted molar refractivity (Wildman–Crippen MR) is 140 cm³/mol. The second-order valence-electron chi connectivity index (χ2n) is 11.7. The Labute approximate surface area is 238 Å². The molecule has 5 atom stereocenters. The molecule has 2 aliphatic rings. The average Bonchev–Trinajstić information content (AvgIpc) is 3.30. The Balaban J connectivity index is 1.73. The van der Waals surface area contributed by atoms with E-state index in [9.17, 15) is 40.3 Å². The molecule has 13 heteroatoms. The fraction of sp³-hybridized carbons (Fsp3) is 0.517. The predicted octanol–water partition coefficient (Wildman–Crippen LogP) is 5.33. The monoisotopic (exact) mass is 602 g/mol. The van der Waals surface area contributed by atoms with Crippen molar-refractivity contribution >= 4 is 11.8 Å². The highest BCUT2D eigenvalue weighted by molar-refractivity contribution is 5.87. The number of halogens is 7. The lowest BCUT2D eigenvalue weighted by atomic mass is 9.76. The Bertz CT molecular complexity index is 1340. The maximum Gasteiger partial charge on any atom is 0.416 e. The summed E-state index contributed by atoms with van der Waals surface area (Å²) in [7, 11) is 0. The Hall–Kier alpha value is -3.19. The molecule has 1 spiro atoms. The lowest BCUT2D eigenvalue weighted by molar-refractivity contribution is -0.143. The molecule has 2 saturated heterocycles. The number of primary amides is 1. The molecule has 2 aromatic rings. The third kappa shape index (κ3) is 6.12. The summed E-state index contributed by atoms with van der Waals surface area (Å²) in [5.74, 6) is -2.95. The van der Waals surface area contributed by atoms with Crippen LogP contribution in [0.2, 0.25) is 0 Å². The molecule has 5 N–H and O–H groups in total. The number of hydrogen-bond donors (Lipinski definition) is 3. The molecular formula is C29H33F7N4O2. The minimum atomic E-state index is -5.06. The van der Waals surface area contributed by atoms with Crippen molar-refractivity contribution in [1.82, 2.24) is 10.2 Å². The third-order valence-corrected chi connectivity index (χ3v) is 8.85. The lowest BCUT2D eigenvalue weighted by Gasteiger charge is -2.48. The lowest BCUT2D eigenvalue weighted by Crippen LogP contribution is -2.61. The van der Waals surface area contributed by atoms with Gasteiger partial charge >= 0.3 is 12.4 Å². The van der Waals surface area contributed by atoms with Gasteiger partial charge in [0.1, 0.15) is 5.82 Å². The SMILES string of the molecule is Cc1cc(F)ccc1[C@H]1CC2(CCC(C(N)=O)N2)CCN1C(=O)C(C)(N)[C@H](C)c1cc(C(F)(F)F)cc(C(F)(F)F)c1. The second kappa shape index (κ2) is 10.8. The zero-order chi connectivity index (χ0) is 31.4. The highest BCUT2D eigenvalue weighted by Gasteiger charge is 2.50. The summed E-state index contributed by atoms with van der Waals surface area (Å²) < 4.78 is 95.2. The highest BCUT2D eigenvalue weighted by Crippen LogP contribution is 2.45. The molecule has 0 aliphatic carbocycles. The van der Waals surface area contributed by atoms with Crippen LogP contribution in [0.25, 0.3) is 0 Å². The van der Waals surface area contributed by atoms with E-state index in [0.717, 1.165) is 0 Å². The topological polar surface area (TPSA) is 101 Å². The van der Waals surface area contributed by atoms with Crippen LogP contribution >= 0.6 is 0 Å². The van der Waals surface area contributed by atoms with Gasteiger partial charge in [0.2, 0.25) is 11.8 Å². The molecule has 42 heavy (non-hydrogen) atoms. The van der Waals surface area contributed by atoms with Crippen molar-refractivity contribution in [2.45, 2.75) is 87.9 Å². The first-order valence-electron chi connectivity index (χ1n) is 13.5. The van der Waals surface area contributed by atoms with Crippen molar-refractivity contribution < 1.29 is 40.3 Å². The van der Waals surface area contributed by atoms with Crippen LogP contribution in [0.4, 0.5) is 30.7 Å². The Morgan fingerprint density at radius 3 is 2.12 bits per heavy atom. The number of nitrogens with zero attached hydrogens (tertiary/aromatic N) is 1. The van der Waals surface area contributed by atoms with Gasteiger partial charge in [0.15, 0.2) is 0 Å². The van der Waals surface area contributed by atoms with E-state index in [-0.39, 0.29) is 18.2 Å². The smallest absolute Gasteiger partial charge is 0.368 e. The van der Waals surface area contributed by atoms with Gasteiger partial charge in [-0.1, -0.05) is 13.0 Å². The van der Waals surface area contributed by atoms with E-state index in [4.69, 9.17) is 11.5 Å². The van der Waals surface area contributed by atoms with E-state index in [0.29, 0.717) is 48.9 Å². The molecule has 0 aromatic heterocycles. The summed E-state index contributed by atoms with van der Waals surface area (Å²) in [6.45, 7) is 4.38. The van der Waals surface area contributed by atoms with Gasteiger partial charge < -0.3 is 21.7 Å². The summed E-state index contributed by atoms with van der Waals surface area (Å²) >= 11 is 0. The molecule has 2 amide bonds. The Morgan fingerprint density at radius 2 is 1.62 bits per heavy atom. The number of hydrogen-bond acceptors (Lipinski definition) is 4. The normalized spacial score (nSPS) is 25.4. The van der Waals surface area contributed by atoms with Gasteiger partial charge in [-0.25, -0.2) is 4.39 Å². The fourth-order valence-electron chi connectivity index (χ4n) is 6.18. The third-order valence-electron chi connectivity index (χ3n) is 8.85. The molecule has 2 fully saturated rings. The Morgan fingerprint density at radius 1 is 1.02 bits per heavy atom. The highest BCUT2D eigenvalue weighted by atomic mass is 19.4. The standard InChI is InChI=1S/C29H33F7N4O2/c1-15-10-20(30)4-5-21(15)23-14-27(7-6-22(39-27)24(37)41)8-9-40(23)25(42)26(3,38)16(2)17-11-18(28(31,32)33)13-19(12-17)29(34,35)36/h4-5,10-13,16,22-23,39H,6-9,14,38H2,1-3H3,(H2,37,41)/t16-,22?,23-,26?,27?/m1/s1. The molecule has 0 saturated carbocycles. The number of nitrogens with two attached hydrogens (primary N) is 2. The molecule has 6 nitrogen and oxygen atoms in total. The molecular weight excluding hydrogens is 569 g/mol. The Kier molecular flexibility index (Phi) is 8.18. The largest absolute Gasteiger partial charge is 0.416 e. The van der Waals surface area contributed by atoms with Crippen molar-refractivity contribution in [3.63, 3.8) is 0 Å². The number of likely N-dealkylation sites (tertiary alicyclic amines) is 1. The summed E-state index contributed by atoms with van der Waals surface area (Å²) in [4.78, 5) is 27.4. The van der Waals surface area contributed by atoms with Gasteiger partial charge in [-0.3, -0.25) is 9.59 Å². The van der Waals surface area contributed by atoms with E-state index in [2.05, 4.69) is 5.32 Å². The maximum atomic E-state index is 14.1. The molecule has 4 rings (SSSR count). The number of amides is 2. The number of rotatable bonds is 5. The minimum Gasteiger partial charge on any atom is -0.368 e. The molecule has 2 aliphatic heterocycles. The van der Waals surface area contributed by atoms with E-state index >= 15 is 0 Å². The molecule has 0 radical (unpaired) electrons. The van der Waals surface area contributed by atoms with Crippen molar-refractivity contribution in [2.75, 3.05) is 6.54 Å². The quantitative estimate of drug-likeness (QED) is 0.403. The minimum absolute atomic E-state index is 0.0251. The van der Waals surface area contributed by atoms with Crippen molar-refractivity contribution in [3.05, 3.63) is 70.0 Å². The molecule has 2 heterocycles. The van der Waals surface area contributed by atoms with Crippen LogP contribution in [0, 0.1) is 12.7 Å². The number of aryl methyl sites for hydroxylation is 1. The van der Waals surface area contributed by atoms with Gasteiger partial charge in [-0.2, -0.15) is 26.3 Å². The molecule has 3 unspecified atom stereocenters. The van der Waals surface area contributed by atoms with Crippen molar-refractivity contribution in [1.29, 1.82) is 0 Å². The van der Waals surface area contributed by atoms with Crippen LogP contribution in [0.3, 0.4) is 0 Å². The molecule has 2 aromatic carbocycles. The molecule has 230 valence electrons. The number of benzene rings is 2. The number of piperidine rings is 1. The summed E-state index contributed by atoms with van der Waals surface area (Å²) in [6.07, 6.45) is -8.35. The van der Waals surface area contributed by atoms with Gasteiger partial charge in [0.25, 0.3) is 0 Å². The van der Waals surface area contributed by atoms with Crippen molar-refractivity contribution in [3.8, 4) is 0 Å². The van der Waals surface area contributed by atoms with E-state index in [1.165, 1.54) is 36.9 Å². The van der Waals surface area contributed by atoms with Gasteiger partial charge in [0.05, 0.1) is 28.7 Å².